The predicted octanol–water partition coefficient (Wildman–Crippen LogP) is 3.48. The highest BCUT2D eigenvalue weighted by molar-refractivity contribution is 7.09. The minimum atomic E-state index is 0.469. The molecule has 0 amide bonds. The van der Waals surface area contributed by atoms with E-state index in [-0.39, 0.29) is 0 Å². The molecule has 1 aromatic carbocycles. The molecule has 5 nitrogen and oxygen atoms in total. The number of thiazole rings is 1. The van der Waals surface area contributed by atoms with Crippen LogP contribution in [0.25, 0.3) is 0 Å². The van der Waals surface area contributed by atoms with E-state index in [2.05, 4.69) is 45.5 Å². The lowest BCUT2D eigenvalue weighted by molar-refractivity contribution is 0.396. The van der Waals surface area contributed by atoms with Crippen molar-refractivity contribution in [1.29, 1.82) is 0 Å². The van der Waals surface area contributed by atoms with Gasteiger partial charge >= 0.3 is 0 Å². The van der Waals surface area contributed by atoms with Gasteiger partial charge in [0.1, 0.15) is 5.75 Å². The number of para-hydroxylation sites is 1. The van der Waals surface area contributed by atoms with Crippen LogP contribution in [-0.2, 0) is 13.1 Å². The van der Waals surface area contributed by atoms with Crippen LogP contribution in [0.5, 0.6) is 5.75 Å². The van der Waals surface area contributed by atoms with Gasteiger partial charge in [-0.25, -0.2) is 4.98 Å². The van der Waals surface area contributed by atoms with Crippen LogP contribution in [0.2, 0.25) is 0 Å². The summed E-state index contributed by atoms with van der Waals surface area (Å²) in [5.41, 5.74) is 2.18. The first-order valence-corrected chi connectivity index (χ1v) is 8.91. The molecule has 0 radical (unpaired) electrons. The van der Waals surface area contributed by atoms with Crippen molar-refractivity contribution in [1.82, 2.24) is 15.2 Å². The van der Waals surface area contributed by atoms with Gasteiger partial charge in [0.05, 0.1) is 24.4 Å². The molecule has 130 valence electrons. The molecule has 0 aliphatic carbocycles. The highest BCUT2D eigenvalue weighted by atomic mass is 32.1. The predicted molar refractivity (Wildman–Crippen MR) is 101 cm³/mol. The number of rotatable bonds is 6. The second-order valence-corrected chi connectivity index (χ2v) is 6.79. The molecular weight excluding hydrogens is 320 g/mol. The van der Waals surface area contributed by atoms with Crippen molar-refractivity contribution >= 4 is 17.3 Å². The van der Waals surface area contributed by atoms with Crippen LogP contribution in [0.4, 0.5) is 0 Å². The lowest BCUT2D eigenvalue weighted by Gasteiger charge is -2.22. The lowest BCUT2D eigenvalue weighted by Crippen LogP contribution is -2.38. The fraction of sp³-hybridized carbons (Fsp3) is 0.444. The molecule has 0 saturated carbocycles. The van der Waals surface area contributed by atoms with Crippen molar-refractivity contribution in [3.63, 3.8) is 0 Å². The first-order chi connectivity index (χ1) is 11.5. The van der Waals surface area contributed by atoms with E-state index < -0.39 is 0 Å². The number of methoxy groups -OCH3 is 1. The van der Waals surface area contributed by atoms with Crippen LogP contribution in [0, 0.1) is 0 Å². The van der Waals surface area contributed by atoms with Gasteiger partial charge in [-0.15, -0.1) is 11.3 Å². The minimum absolute atomic E-state index is 0.469. The topological polar surface area (TPSA) is 49.8 Å². The SMILES string of the molecule is CN=C(NCc1csc(C(C)C)n1)N(C)Cc1ccccc1OC. The Balaban J connectivity index is 1.97. The third-order valence-electron chi connectivity index (χ3n) is 3.66. The molecule has 0 spiro atoms. The number of aromatic nitrogens is 1. The van der Waals surface area contributed by atoms with Crippen molar-refractivity contribution in [2.24, 2.45) is 4.99 Å². The van der Waals surface area contributed by atoms with Gasteiger partial charge in [0.2, 0.25) is 0 Å². The van der Waals surface area contributed by atoms with Crippen LogP contribution in [-0.4, -0.2) is 37.0 Å². The number of nitrogens with zero attached hydrogens (tertiary/aromatic N) is 3. The number of ether oxygens (including phenoxy) is 1. The molecule has 24 heavy (non-hydrogen) atoms. The molecule has 2 aromatic rings. The van der Waals surface area contributed by atoms with Gasteiger partial charge in [0.25, 0.3) is 0 Å². The van der Waals surface area contributed by atoms with E-state index >= 15 is 0 Å². The zero-order chi connectivity index (χ0) is 17.5. The number of hydrogen-bond donors (Lipinski definition) is 1. The summed E-state index contributed by atoms with van der Waals surface area (Å²) in [6.07, 6.45) is 0. The second kappa shape index (κ2) is 8.68. The Bertz CT molecular complexity index is 681. The number of aliphatic imine (C=N–C) groups is 1. The van der Waals surface area contributed by atoms with Crippen molar-refractivity contribution in [2.45, 2.75) is 32.9 Å². The second-order valence-electron chi connectivity index (χ2n) is 5.90. The maximum Gasteiger partial charge on any atom is 0.194 e. The quantitative estimate of drug-likeness (QED) is 0.643. The zero-order valence-electron chi connectivity index (χ0n) is 15.0. The van der Waals surface area contributed by atoms with Crippen molar-refractivity contribution < 1.29 is 4.74 Å². The van der Waals surface area contributed by atoms with Crippen molar-refractivity contribution in [3.8, 4) is 5.75 Å². The van der Waals surface area contributed by atoms with Crippen LogP contribution >= 0.6 is 11.3 Å². The summed E-state index contributed by atoms with van der Waals surface area (Å²) in [4.78, 5) is 11.1. The van der Waals surface area contributed by atoms with Gasteiger partial charge in [-0.3, -0.25) is 4.99 Å². The summed E-state index contributed by atoms with van der Waals surface area (Å²) >= 11 is 1.71. The van der Waals surface area contributed by atoms with Gasteiger partial charge in [-0.05, 0) is 6.07 Å². The average Bonchev–Trinajstić information content (AvgIpc) is 3.05. The third-order valence-corrected chi connectivity index (χ3v) is 4.86. The number of hydrogen-bond acceptors (Lipinski definition) is 4. The van der Waals surface area contributed by atoms with E-state index in [4.69, 9.17) is 4.74 Å². The molecule has 2 rings (SSSR count). The monoisotopic (exact) mass is 346 g/mol. The maximum absolute atomic E-state index is 5.42. The molecule has 0 aliphatic rings. The summed E-state index contributed by atoms with van der Waals surface area (Å²) < 4.78 is 5.42. The minimum Gasteiger partial charge on any atom is -0.496 e. The van der Waals surface area contributed by atoms with E-state index in [9.17, 15) is 0 Å². The normalized spacial score (nSPS) is 11.7. The van der Waals surface area contributed by atoms with E-state index in [0.717, 1.165) is 29.5 Å². The van der Waals surface area contributed by atoms with Gasteiger partial charge in [-0.2, -0.15) is 0 Å². The molecule has 1 N–H and O–H groups in total. The number of benzene rings is 1. The Hall–Kier alpha value is -2.08. The van der Waals surface area contributed by atoms with E-state index in [1.807, 2.05) is 25.2 Å². The molecule has 0 unspecified atom stereocenters. The van der Waals surface area contributed by atoms with Crippen molar-refractivity contribution in [2.75, 3.05) is 21.2 Å². The Labute approximate surface area is 148 Å². The lowest BCUT2D eigenvalue weighted by atomic mass is 10.2. The van der Waals surface area contributed by atoms with Gasteiger partial charge in [0, 0.05) is 37.5 Å². The summed E-state index contributed by atoms with van der Waals surface area (Å²) in [6, 6.07) is 8.04. The standard InChI is InChI=1S/C18H26N4OS/c1-13(2)17-21-15(12-24-17)10-20-18(19-3)22(4)11-14-8-6-7-9-16(14)23-5/h6-9,12-13H,10-11H2,1-5H3,(H,19,20). The van der Waals surface area contributed by atoms with E-state index in [0.29, 0.717) is 12.5 Å². The zero-order valence-corrected chi connectivity index (χ0v) is 15.9. The molecule has 0 atom stereocenters. The Morgan fingerprint density at radius 1 is 1.38 bits per heavy atom. The maximum atomic E-state index is 5.42. The summed E-state index contributed by atoms with van der Waals surface area (Å²) in [5, 5.41) is 6.65. The van der Waals surface area contributed by atoms with E-state index in [1.165, 1.54) is 5.01 Å². The highest BCUT2D eigenvalue weighted by Gasteiger charge is 2.11. The fourth-order valence-electron chi connectivity index (χ4n) is 2.39. The summed E-state index contributed by atoms with van der Waals surface area (Å²) in [7, 11) is 5.50. The molecule has 6 heteroatoms. The Kier molecular flexibility index (Phi) is 6.61. The molecule has 0 saturated heterocycles. The van der Waals surface area contributed by atoms with Gasteiger partial charge in [0.15, 0.2) is 5.96 Å². The Morgan fingerprint density at radius 3 is 2.75 bits per heavy atom. The highest BCUT2D eigenvalue weighted by Crippen LogP contribution is 2.20. The van der Waals surface area contributed by atoms with Crippen LogP contribution < -0.4 is 10.1 Å². The third kappa shape index (κ3) is 4.71. The summed E-state index contributed by atoms with van der Waals surface area (Å²) in [5.74, 6) is 2.19. The molecule has 0 bridgehead atoms. The Morgan fingerprint density at radius 2 is 2.12 bits per heavy atom. The van der Waals surface area contributed by atoms with Crippen LogP contribution in [0.1, 0.15) is 36.0 Å². The number of nitrogens with one attached hydrogen (secondary N) is 1. The smallest absolute Gasteiger partial charge is 0.194 e. The molecule has 1 heterocycles. The summed E-state index contributed by atoms with van der Waals surface area (Å²) in [6.45, 7) is 5.72. The van der Waals surface area contributed by atoms with Gasteiger partial charge in [-0.1, -0.05) is 32.0 Å². The van der Waals surface area contributed by atoms with E-state index in [1.54, 1.807) is 25.5 Å². The first-order valence-electron chi connectivity index (χ1n) is 8.03. The molecule has 0 aliphatic heterocycles. The largest absolute Gasteiger partial charge is 0.496 e. The molecular formula is C18H26N4OS. The molecule has 0 fully saturated rings. The fourth-order valence-corrected chi connectivity index (χ4v) is 3.22. The molecule has 1 aromatic heterocycles. The first kappa shape index (κ1) is 18.3. The van der Waals surface area contributed by atoms with Crippen LogP contribution in [0.15, 0.2) is 34.6 Å². The average molecular weight is 347 g/mol. The van der Waals surface area contributed by atoms with Crippen molar-refractivity contribution in [3.05, 3.63) is 45.9 Å². The number of guanidine groups is 1. The van der Waals surface area contributed by atoms with Crippen LogP contribution in [0.3, 0.4) is 0 Å². The van der Waals surface area contributed by atoms with Gasteiger partial charge < -0.3 is 15.0 Å².